The minimum absolute atomic E-state index is 0.331. The maximum absolute atomic E-state index is 5.60. The molecule has 2 rings (SSSR count). The molecule has 0 unspecified atom stereocenters. The molecule has 0 radical (unpaired) electrons. The van der Waals surface area contributed by atoms with E-state index in [9.17, 15) is 0 Å². The van der Waals surface area contributed by atoms with Crippen LogP contribution in [0.2, 0.25) is 0 Å². The Morgan fingerprint density at radius 1 is 1.56 bits per heavy atom. The van der Waals surface area contributed by atoms with Crippen LogP contribution in [0.4, 0.5) is 0 Å². The first kappa shape index (κ1) is 11.5. The minimum Gasteiger partial charge on any atom is -0.377 e. The van der Waals surface area contributed by atoms with E-state index in [1.807, 2.05) is 6.92 Å². The monoisotopic (exact) mass is 225 g/mol. The number of aryl methyl sites for hydroxylation is 1. The van der Waals surface area contributed by atoms with Gasteiger partial charge in [0.2, 0.25) is 5.89 Å². The highest BCUT2D eigenvalue weighted by Gasteiger charge is 2.22. The van der Waals surface area contributed by atoms with E-state index >= 15 is 0 Å². The second-order valence-corrected chi connectivity index (χ2v) is 4.18. The quantitative estimate of drug-likeness (QED) is 0.818. The number of nitrogens with zero attached hydrogens (tertiary/aromatic N) is 2. The Kier molecular flexibility index (Phi) is 3.90. The van der Waals surface area contributed by atoms with Gasteiger partial charge in [-0.25, -0.2) is 0 Å². The number of hydrogen-bond acceptors (Lipinski definition) is 5. The maximum Gasteiger partial charge on any atom is 0.226 e. The lowest BCUT2D eigenvalue weighted by Gasteiger charge is -2.18. The van der Waals surface area contributed by atoms with E-state index in [1.165, 1.54) is 6.42 Å². The topological polar surface area (TPSA) is 60.2 Å². The Morgan fingerprint density at radius 2 is 2.44 bits per heavy atom. The average Bonchev–Trinajstić information content (AvgIpc) is 2.96. The third-order valence-corrected chi connectivity index (χ3v) is 2.92. The average molecular weight is 225 g/mol. The summed E-state index contributed by atoms with van der Waals surface area (Å²) in [6.45, 7) is 5.67. The molecule has 1 saturated heterocycles. The van der Waals surface area contributed by atoms with Crippen LogP contribution in [0.3, 0.4) is 0 Å². The van der Waals surface area contributed by atoms with E-state index in [-0.39, 0.29) is 0 Å². The van der Waals surface area contributed by atoms with Crippen molar-refractivity contribution in [1.29, 1.82) is 0 Å². The van der Waals surface area contributed by atoms with Crippen molar-refractivity contribution in [2.45, 2.75) is 51.8 Å². The normalized spacial score (nSPS) is 22.5. The first-order valence-corrected chi connectivity index (χ1v) is 5.96. The van der Waals surface area contributed by atoms with Crippen LogP contribution in [0.5, 0.6) is 0 Å². The van der Waals surface area contributed by atoms with Gasteiger partial charge in [0.1, 0.15) is 0 Å². The molecular formula is C11H19N3O2. The lowest BCUT2D eigenvalue weighted by Crippen LogP contribution is -2.36. The SMILES string of the molecule is CCc1nc(CN[C@@H](C)[C@@H]2CCCO2)no1. The van der Waals surface area contributed by atoms with Gasteiger partial charge in [-0.15, -0.1) is 0 Å². The van der Waals surface area contributed by atoms with E-state index in [4.69, 9.17) is 9.26 Å². The van der Waals surface area contributed by atoms with E-state index < -0.39 is 0 Å². The van der Waals surface area contributed by atoms with E-state index in [0.717, 1.165) is 25.3 Å². The fourth-order valence-electron chi connectivity index (χ4n) is 1.89. The molecule has 1 aromatic heterocycles. The molecule has 2 heterocycles. The second kappa shape index (κ2) is 5.41. The smallest absolute Gasteiger partial charge is 0.226 e. The highest BCUT2D eigenvalue weighted by Crippen LogP contribution is 2.15. The summed E-state index contributed by atoms with van der Waals surface area (Å²) >= 11 is 0. The van der Waals surface area contributed by atoms with Crippen molar-refractivity contribution in [3.63, 3.8) is 0 Å². The first-order chi connectivity index (χ1) is 7.79. The molecule has 1 aromatic rings. The third-order valence-electron chi connectivity index (χ3n) is 2.92. The Balaban J connectivity index is 1.77. The highest BCUT2D eigenvalue weighted by atomic mass is 16.5. The molecule has 1 aliphatic rings. The summed E-state index contributed by atoms with van der Waals surface area (Å²) in [6, 6.07) is 0.339. The van der Waals surface area contributed by atoms with Gasteiger partial charge < -0.3 is 14.6 Å². The maximum atomic E-state index is 5.60. The summed E-state index contributed by atoms with van der Waals surface area (Å²) in [7, 11) is 0. The zero-order valence-electron chi connectivity index (χ0n) is 9.90. The molecule has 2 atom stereocenters. The van der Waals surface area contributed by atoms with Crippen LogP contribution in [-0.4, -0.2) is 28.9 Å². The molecule has 90 valence electrons. The Bertz CT molecular complexity index is 321. The second-order valence-electron chi connectivity index (χ2n) is 4.18. The Hall–Kier alpha value is -0.940. The van der Waals surface area contributed by atoms with Crippen LogP contribution in [0.25, 0.3) is 0 Å². The van der Waals surface area contributed by atoms with Crippen LogP contribution in [0.1, 0.15) is 38.4 Å². The molecular weight excluding hydrogens is 206 g/mol. The van der Waals surface area contributed by atoms with Gasteiger partial charge in [0.15, 0.2) is 5.82 Å². The lowest BCUT2D eigenvalue weighted by atomic mass is 10.1. The van der Waals surface area contributed by atoms with Crippen molar-refractivity contribution in [1.82, 2.24) is 15.5 Å². The van der Waals surface area contributed by atoms with Crippen molar-refractivity contribution < 1.29 is 9.26 Å². The highest BCUT2D eigenvalue weighted by molar-refractivity contribution is 4.87. The summed E-state index contributed by atoms with van der Waals surface area (Å²) < 4.78 is 10.6. The number of hydrogen-bond donors (Lipinski definition) is 1. The van der Waals surface area contributed by atoms with E-state index in [1.54, 1.807) is 0 Å². The van der Waals surface area contributed by atoms with Crippen LogP contribution >= 0.6 is 0 Å². The van der Waals surface area contributed by atoms with Gasteiger partial charge in [0.05, 0.1) is 12.6 Å². The number of ether oxygens (including phenoxy) is 1. The first-order valence-electron chi connectivity index (χ1n) is 5.96. The van der Waals surface area contributed by atoms with Crippen molar-refractivity contribution >= 4 is 0 Å². The van der Waals surface area contributed by atoms with E-state index in [2.05, 4.69) is 22.4 Å². The predicted molar refractivity (Wildman–Crippen MR) is 59.0 cm³/mol. The molecule has 16 heavy (non-hydrogen) atoms. The molecule has 0 aliphatic carbocycles. The zero-order chi connectivity index (χ0) is 11.4. The van der Waals surface area contributed by atoms with Crippen molar-refractivity contribution in [2.75, 3.05) is 6.61 Å². The Morgan fingerprint density at radius 3 is 3.06 bits per heavy atom. The van der Waals surface area contributed by atoms with Crippen LogP contribution in [0.15, 0.2) is 4.52 Å². The van der Waals surface area contributed by atoms with Gasteiger partial charge in [-0.2, -0.15) is 4.98 Å². The minimum atomic E-state index is 0.331. The number of rotatable bonds is 5. The molecule has 5 nitrogen and oxygen atoms in total. The number of nitrogens with one attached hydrogen (secondary N) is 1. The molecule has 1 N–H and O–H groups in total. The van der Waals surface area contributed by atoms with Gasteiger partial charge in [0.25, 0.3) is 0 Å². The predicted octanol–water partition coefficient (Wildman–Crippen LogP) is 1.29. The van der Waals surface area contributed by atoms with Crippen molar-refractivity contribution in [2.24, 2.45) is 0 Å². The van der Waals surface area contributed by atoms with Gasteiger partial charge in [-0.1, -0.05) is 12.1 Å². The summed E-state index contributed by atoms with van der Waals surface area (Å²) in [5, 5.41) is 7.26. The molecule has 1 aliphatic heterocycles. The molecule has 0 amide bonds. The third kappa shape index (κ3) is 2.80. The van der Waals surface area contributed by atoms with Gasteiger partial charge in [-0.3, -0.25) is 0 Å². The van der Waals surface area contributed by atoms with Crippen LogP contribution < -0.4 is 5.32 Å². The van der Waals surface area contributed by atoms with Crippen LogP contribution in [0, 0.1) is 0 Å². The van der Waals surface area contributed by atoms with E-state index in [0.29, 0.717) is 24.6 Å². The summed E-state index contributed by atoms with van der Waals surface area (Å²) in [4.78, 5) is 4.25. The standard InChI is InChI=1S/C11H19N3O2/c1-3-11-13-10(14-16-11)7-12-8(2)9-5-4-6-15-9/h8-9,12H,3-7H2,1-2H3/t8-,9-/m0/s1. The molecule has 0 saturated carbocycles. The van der Waals surface area contributed by atoms with Crippen molar-refractivity contribution in [3.05, 3.63) is 11.7 Å². The summed E-state index contributed by atoms with van der Waals surface area (Å²) in [5.74, 6) is 1.42. The molecule has 1 fully saturated rings. The Labute approximate surface area is 95.6 Å². The summed E-state index contributed by atoms with van der Waals surface area (Å²) in [6.07, 6.45) is 3.42. The lowest BCUT2D eigenvalue weighted by molar-refractivity contribution is 0.0829. The fourth-order valence-corrected chi connectivity index (χ4v) is 1.89. The van der Waals surface area contributed by atoms with Crippen LogP contribution in [-0.2, 0) is 17.7 Å². The van der Waals surface area contributed by atoms with Gasteiger partial charge in [-0.05, 0) is 19.8 Å². The largest absolute Gasteiger partial charge is 0.377 e. The van der Waals surface area contributed by atoms with Gasteiger partial charge >= 0.3 is 0 Å². The van der Waals surface area contributed by atoms with Gasteiger partial charge in [0, 0.05) is 19.1 Å². The molecule has 5 heteroatoms. The number of aromatic nitrogens is 2. The van der Waals surface area contributed by atoms with Crippen molar-refractivity contribution in [3.8, 4) is 0 Å². The molecule has 0 bridgehead atoms. The molecule has 0 aromatic carbocycles. The fraction of sp³-hybridized carbons (Fsp3) is 0.818. The summed E-state index contributed by atoms with van der Waals surface area (Å²) in [5.41, 5.74) is 0. The zero-order valence-corrected chi connectivity index (χ0v) is 9.90. The molecule has 0 spiro atoms.